The monoisotopic (exact) mass is 467 g/mol. The summed E-state index contributed by atoms with van der Waals surface area (Å²) in [5, 5.41) is 15.3. The fourth-order valence-electron chi connectivity index (χ4n) is 4.19. The van der Waals surface area contributed by atoms with Gasteiger partial charge in [-0.3, -0.25) is 19.9 Å². The van der Waals surface area contributed by atoms with Crippen molar-refractivity contribution in [2.75, 3.05) is 18.6 Å². The summed E-state index contributed by atoms with van der Waals surface area (Å²) in [6.45, 7) is 4.59. The molecule has 2 amide bonds. The molecule has 1 aromatic heterocycles. The van der Waals surface area contributed by atoms with E-state index < -0.39 is 11.8 Å². The SMILES string of the molecule is CCCCc1nc(Cl)c(/C=N/Nc2ccc3c4c(cccc24)C(=O)N(CCO)C3=O)n1CC. The Bertz CT molecular complexity index is 1230. The summed E-state index contributed by atoms with van der Waals surface area (Å²) in [5.41, 5.74) is 5.27. The number of aliphatic hydroxyl groups excluding tert-OH is 1. The lowest BCUT2D eigenvalue weighted by molar-refractivity contribution is 0.0580. The van der Waals surface area contributed by atoms with Gasteiger partial charge in [0.15, 0.2) is 5.15 Å². The lowest BCUT2D eigenvalue weighted by atomic mass is 9.93. The third-order valence-electron chi connectivity index (χ3n) is 5.80. The molecule has 8 nitrogen and oxygen atoms in total. The van der Waals surface area contributed by atoms with E-state index in [1.165, 1.54) is 0 Å². The Balaban J connectivity index is 1.67. The van der Waals surface area contributed by atoms with Gasteiger partial charge in [-0.1, -0.05) is 37.1 Å². The Labute approximate surface area is 196 Å². The van der Waals surface area contributed by atoms with Gasteiger partial charge in [0.2, 0.25) is 0 Å². The number of hydrogen-bond donors (Lipinski definition) is 2. The van der Waals surface area contributed by atoms with Crippen LogP contribution in [-0.2, 0) is 13.0 Å². The Hall–Kier alpha value is -3.23. The quantitative estimate of drug-likeness (QED) is 0.280. The number of aryl methyl sites for hydroxylation is 1. The van der Waals surface area contributed by atoms with Crippen molar-refractivity contribution in [3.8, 4) is 0 Å². The number of carbonyl (C=O) groups excluding carboxylic acids is 2. The van der Waals surface area contributed by atoms with Gasteiger partial charge in [0, 0.05) is 34.9 Å². The second kappa shape index (κ2) is 9.72. The van der Waals surface area contributed by atoms with Crippen molar-refractivity contribution in [2.45, 2.75) is 39.7 Å². The average molecular weight is 468 g/mol. The van der Waals surface area contributed by atoms with E-state index in [1.54, 1.807) is 30.5 Å². The number of carbonyl (C=O) groups is 2. The van der Waals surface area contributed by atoms with Crippen molar-refractivity contribution >= 4 is 46.1 Å². The number of halogens is 1. The van der Waals surface area contributed by atoms with Gasteiger partial charge in [-0.2, -0.15) is 5.10 Å². The molecule has 0 saturated carbocycles. The Morgan fingerprint density at radius 3 is 2.61 bits per heavy atom. The van der Waals surface area contributed by atoms with Crippen LogP contribution < -0.4 is 5.43 Å². The number of amides is 2. The number of unbranched alkanes of at least 4 members (excludes halogenated alkanes) is 1. The van der Waals surface area contributed by atoms with Crippen LogP contribution in [0.2, 0.25) is 5.15 Å². The molecule has 3 aromatic rings. The van der Waals surface area contributed by atoms with Crippen molar-refractivity contribution in [2.24, 2.45) is 5.10 Å². The van der Waals surface area contributed by atoms with Crippen LogP contribution in [0.5, 0.6) is 0 Å². The summed E-state index contributed by atoms with van der Waals surface area (Å²) in [6, 6.07) is 8.73. The predicted octanol–water partition coefficient (Wildman–Crippen LogP) is 4.09. The highest BCUT2D eigenvalue weighted by atomic mass is 35.5. The summed E-state index contributed by atoms with van der Waals surface area (Å²) in [7, 11) is 0. The van der Waals surface area contributed by atoms with Gasteiger partial charge in [0.25, 0.3) is 11.8 Å². The van der Waals surface area contributed by atoms with E-state index in [9.17, 15) is 14.7 Å². The fraction of sp³-hybridized carbons (Fsp3) is 0.333. The number of rotatable bonds is 9. The number of imidazole rings is 1. The normalized spacial score (nSPS) is 13.5. The van der Waals surface area contributed by atoms with Crippen molar-refractivity contribution in [3.63, 3.8) is 0 Å². The first-order valence-electron chi connectivity index (χ1n) is 11.1. The van der Waals surface area contributed by atoms with Gasteiger partial charge in [0.1, 0.15) is 11.5 Å². The summed E-state index contributed by atoms with van der Waals surface area (Å²) < 4.78 is 2.05. The van der Waals surface area contributed by atoms with E-state index >= 15 is 0 Å². The molecule has 0 bridgehead atoms. The van der Waals surface area contributed by atoms with Crippen LogP contribution >= 0.6 is 11.6 Å². The highest BCUT2D eigenvalue weighted by Gasteiger charge is 2.32. The van der Waals surface area contributed by atoms with E-state index in [0.29, 0.717) is 32.7 Å². The molecular formula is C24H26ClN5O3. The van der Waals surface area contributed by atoms with Gasteiger partial charge < -0.3 is 9.67 Å². The van der Waals surface area contributed by atoms with Crippen LogP contribution in [0.1, 0.15) is 58.9 Å². The molecule has 1 aliphatic heterocycles. The minimum atomic E-state index is -0.411. The van der Waals surface area contributed by atoms with E-state index in [0.717, 1.165) is 42.2 Å². The molecule has 2 aromatic carbocycles. The molecular weight excluding hydrogens is 442 g/mol. The van der Waals surface area contributed by atoms with Gasteiger partial charge in [-0.15, -0.1) is 0 Å². The van der Waals surface area contributed by atoms with Crippen LogP contribution in [0.25, 0.3) is 10.8 Å². The lowest BCUT2D eigenvalue weighted by Gasteiger charge is -2.27. The zero-order chi connectivity index (χ0) is 23.5. The van der Waals surface area contributed by atoms with Gasteiger partial charge >= 0.3 is 0 Å². The molecule has 4 rings (SSSR count). The van der Waals surface area contributed by atoms with E-state index in [-0.39, 0.29) is 13.2 Å². The van der Waals surface area contributed by atoms with E-state index in [4.69, 9.17) is 11.6 Å². The standard InChI is InChI=1S/C24H26ClN5O3/c1-3-5-9-20-27-22(25)19(29(20)4-2)14-26-28-18-11-10-17-21-15(18)7-6-8-16(21)23(32)30(12-13-31)24(17)33/h6-8,10-11,14,28,31H,3-5,9,12-13H2,1-2H3/b26-14+. The zero-order valence-electron chi connectivity index (χ0n) is 18.6. The van der Waals surface area contributed by atoms with Crippen molar-refractivity contribution in [3.05, 3.63) is 58.1 Å². The van der Waals surface area contributed by atoms with Gasteiger partial charge in [-0.05, 0) is 31.5 Å². The molecule has 33 heavy (non-hydrogen) atoms. The van der Waals surface area contributed by atoms with E-state index in [2.05, 4.69) is 22.4 Å². The molecule has 0 radical (unpaired) electrons. The average Bonchev–Trinajstić information content (AvgIpc) is 3.13. The second-order valence-corrected chi connectivity index (χ2v) is 8.15. The third-order valence-corrected chi connectivity index (χ3v) is 6.08. The molecule has 0 fully saturated rings. The van der Waals surface area contributed by atoms with Crippen molar-refractivity contribution in [1.29, 1.82) is 0 Å². The van der Waals surface area contributed by atoms with Crippen LogP contribution in [0.3, 0.4) is 0 Å². The molecule has 172 valence electrons. The smallest absolute Gasteiger partial charge is 0.261 e. The Morgan fingerprint density at radius 1 is 1.15 bits per heavy atom. The number of benzene rings is 2. The fourth-order valence-corrected chi connectivity index (χ4v) is 4.44. The molecule has 2 N–H and O–H groups in total. The number of aliphatic hydroxyl groups is 1. The number of hydrogen-bond acceptors (Lipinski definition) is 6. The first-order valence-corrected chi connectivity index (χ1v) is 11.5. The Kier molecular flexibility index (Phi) is 6.76. The molecule has 0 spiro atoms. The van der Waals surface area contributed by atoms with Crippen LogP contribution in [-0.4, -0.2) is 50.7 Å². The number of hydrazone groups is 1. The summed E-state index contributed by atoms with van der Waals surface area (Å²) in [5.74, 6) is 0.119. The van der Waals surface area contributed by atoms with Crippen LogP contribution in [0.4, 0.5) is 5.69 Å². The highest BCUT2D eigenvalue weighted by Crippen LogP contribution is 2.34. The largest absolute Gasteiger partial charge is 0.395 e. The maximum atomic E-state index is 12.8. The van der Waals surface area contributed by atoms with Gasteiger partial charge in [-0.25, -0.2) is 4.98 Å². The van der Waals surface area contributed by atoms with Crippen molar-refractivity contribution < 1.29 is 14.7 Å². The van der Waals surface area contributed by atoms with E-state index in [1.807, 2.05) is 17.6 Å². The van der Waals surface area contributed by atoms with Crippen LogP contribution in [0, 0.1) is 0 Å². The third kappa shape index (κ3) is 4.12. The summed E-state index contributed by atoms with van der Waals surface area (Å²) in [4.78, 5) is 31.2. The number of aromatic nitrogens is 2. The molecule has 2 heterocycles. The van der Waals surface area contributed by atoms with Crippen molar-refractivity contribution in [1.82, 2.24) is 14.5 Å². The number of imide groups is 1. The number of anilines is 1. The molecule has 0 aliphatic carbocycles. The molecule has 9 heteroatoms. The number of nitrogens with zero attached hydrogens (tertiary/aromatic N) is 4. The van der Waals surface area contributed by atoms with Gasteiger partial charge in [0.05, 0.1) is 25.1 Å². The highest BCUT2D eigenvalue weighted by molar-refractivity contribution is 6.31. The van der Waals surface area contributed by atoms with Crippen LogP contribution in [0.15, 0.2) is 35.4 Å². The minimum absolute atomic E-state index is 0.0378. The predicted molar refractivity (Wildman–Crippen MR) is 129 cm³/mol. The minimum Gasteiger partial charge on any atom is -0.395 e. The zero-order valence-corrected chi connectivity index (χ0v) is 19.4. The molecule has 0 atom stereocenters. The maximum absolute atomic E-state index is 12.8. The molecule has 1 aliphatic rings. The summed E-state index contributed by atoms with van der Waals surface area (Å²) >= 11 is 6.38. The first kappa shape index (κ1) is 22.9. The summed E-state index contributed by atoms with van der Waals surface area (Å²) in [6.07, 6.45) is 4.61. The number of nitrogens with one attached hydrogen (secondary N) is 1. The molecule has 0 unspecified atom stereocenters. The topological polar surface area (TPSA) is 99.8 Å². The lowest BCUT2D eigenvalue weighted by Crippen LogP contribution is -2.41. The maximum Gasteiger partial charge on any atom is 0.261 e. The molecule has 0 saturated heterocycles. The second-order valence-electron chi connectivity index (χ2n) is 7.80. The Morgan fingerprint density at radius 2 is 1.91 bits per heavy atom. The number of β-amino-alcohol motifs (C(OH)–C–C–N with tert-alkyl or cyclic N) is 1. The first-order chi connectivity index (χ1) is 16.0.